The standard InChI is InChI=1S/C15H12Cl2F2O/c1-8-3-11(4-9(2)14(8)17)20-15-12(18)5-10(7-16)6-13(15)19/h3-6H,7H2,1-2H3. The zero-order valence-electron chi connectivity index (χ0n) is 10.9. The number of benzene rings is 2. The first kappa shape index (κ1) is 15.1. The summed E-state index contributed by atoms with van der Waals surface area (Å²) in [5, 5.41) is 0.607. The zero-order valence-corrected chi connectivity index (χ0v) is 12.4. The first-order valence-electron chi connectivity index (χ1n) is 5.91. The molecule has 0 aliphatic heterocycles. The smallest absolute Gasteiger partial charge is 0.198 e. The highest BCUT2D eigenvalue weighted by atomic mass is 35.5. The van der Waals surface area contributed by atoms with Crippen LogP contribution in [0.5, 0.6) is 11.5 Å². The second-order valence-corrected chi connectivity index (χ2v) is 5.14. The molecular weight excluding hydrogens is 305 g/mol. The molecule has 0 saturated heterocycles. The average molecular weight is 317 g/mol. The van der Waals surface area contributed by atoms with Crippen LogP contribution in [-0.2, 0) is 5.88 Å². The number of aryl methyl sites for hydroxylation is 2. The summed E-state index contributed by atoms with van der Waals surface area (Å²) in [7, 11) is 0. The van der Waals surface area contributed by atoms with E-state index in [9.17, 15) is 8.78 Å². The Morgan fingerprint density at radius 3 is 1.95 bits per heavy atom. The Labute approximate surface area is 126 Å². The van der Waals surface area contributed by atoms with Crippen molar-refractivity contribution in [3.8, 4) is 11.5 Å². The van der Waals surface area contributed by atoms with Gasteiger partial charge >= 0.3 is 0 Å². The van der Waals surface area contributed by atoms with E-state index in [1.165, 1.54) is 0 Å². The van der Waals surface area contributed by atoms with Crippen molar-refractivity contribution in [1.29, 1.82) is 0 Å². The molecular formula is C15H12Cl2F2O. The van der Waals surface area contributed by atoms with Crippen LogP contribution in [0.3, 0.4) is 0 Å². The molecule has 0 aromatic heterocycles. The topological polar surface area (TPSA) is 9.23 Å². The number of ether oxygens (including phenoxy) is 1. The Bertz CT molecular complexity index is 610. The van der Waals surface area contributed by atoms with Crippen LogP contribution in [0.1, 0.15) is 16.7 Å². The van der Waals surface area contributed by atoms with Gasteiger partial charge in [0.15, 0.2) is 17.4 Å². The molecule has 2 aromatic rings. The van der Waals surface area contributed by atoms with Crippen LogP contribution in [0, 0.1) is 25.5 Å². The van der Waals surface area contributed by atoms with Crippen LogP contribution >= 0.6 is 23.2 Å². The van der Waals surface area contributed by atoms with Gasteiger partial charge in [-0.15, -0.1) is 11.6 Å². The van der Waals surface area contributed by atoms with Crippen molar-refractivity contribution in [2.75, 3.05) is 0 Å². The fourth-order valence-electron chi connectivity index (χ4n) is 1.87. The summed E-state index contributed by atoms with van der Waals surface area (Å²) in [6.07, 6.45) is 0. The lowest BCUT2D eigenvalue weighted by Gasteiger charge is -2.11. The molecule has 2 aromatic carbocycles. The van der Waals surface area contributed by atoms with E-state index in [-0.39, 0.29) is 5.88 Å². The minimum absolute atomic E-state index is 0.0350. The van der Waals surface area contributed by atoms with E-state index in [2.05, 4.69) is 0 Å². The van der Waals surface area contributed by atoms with Crippen LogP contribution in [0.25, 0.3) is 0 Å². The molecule has 1 nitrogen and oxygen atoms in total. The molecule has 0 N–H and O–H groups in total. The maximum absolute atomic E-state index is 13.8. The van der Waals surface area contributed by atoms with Gasteiger partial charge in [0, 0.05) is 10.9 Å². The van der Waals surface area contributed by atoms with Crippen LogP contribution in [-0.4, -0.2) is 0 Å². The van der Waals surface area contributed by atoms with Gasteiger partial charge in [0.2, 0.25) is 0 Å². The molecule has 0 saturated carbocycles. The van der Waals surface area contributed by atoms with Crippen molar-refractivity contribution in [3.63, 3.8) is 0 Å². The van der Waals surface area contributed by atoms with Crippen LogP contribution in [0.4, 0.5) is 8.78 Å². The van der Waals surface area contributed by atoms with E-state index in [4.69, 9.17) is 27.9 Å². The lowest BCUT2D eigenvalue weighted by atomic mass is 10.1. The molecule has 0 heterocycles. The summed E-state index contributed by atoms with van der Waals surface area (Å²) in [5.74, 6) is -1.65. The number of rotatable bonds is 3. The number of alkyl halides is 1. The predicted octanol–water partition coefficient (Wildman–Crippen LogP) is 5.77. The molecule has 0 radical (unpaired) electrons. The highest BCUT2D eigenvalue weighted by Gasteiger charge is 2.14. The molecule has 5 heteroatoms. The molecule has 0 atom stereocenters. The van der Waals surface area contributed by atoms with E-state index in [0.29, 0.717) is 16.3 Å². The molecule has 0 fully saturated rings. The predicted molar refractivity (Wildman–Crippen MR) is 76.9 cm³/mol. The van der Waals surface area contributed by atoms with Crippen molar-refractivity contribution in [3.05, 3.63) is 57.6 Å². The number of hydrogen-bond donors (Lipinski definition) is 0. The monoisotopic (exact) mass is 316 g/mol. The van der Waals surface area contributed by atoms with Crippen molar-refractivity contribution in [2.24, 2.45) is 0 Å². The maximum Gasteiger partial charge on any atom is 0.198 e. The van der Waals surface area contributed by atoms with Gasteiger partial charge in [-0.2, -0.15) is 0 Å². The summed E-state index contributed by atoms with van der Waals surface area (Å²) in [6, 6.07) is 5.56. The van der Waals surface area contributed by atoms with Gasteiger partial charge in [-0.1, -0.05) is 11.6 Å². The van der Waals surface area contributed by atoms with E-state index >= 15 is 0 Å². The third-order valence-electron chi connectivity index (χ3n) is 2.84. The second-order valence-electron chi connectivity index (χ2n) is 4.50. The molecule has 20 heavy (non-hydrogen) atoms. The Hall–Kier alpha value is -1.32. The SMILES string of the molecule is Cc1cc(Oc2c(F)cc(CCl)cc2F)cc(C)c1Cl. The van der Waals surface area contributed by atoms with Crippen LogP contribution < -0.4 is 4.74 Å². The molecule has 0 aliphatic carbocycles. The van der Waals surface area contributed by atoms with Crippen molar-refractivity contribution in [1.82, 2.24) is 0 Å². The zero-order chi connectivity index (χ0) is 14.9. The van der Waals surface area contributed by atoms with Crippen molar-refractivity contribution in [2.45, 2.75) is 19.7 Å². The van der Waals surface area contributed by atoms with Gasteiger partial charge in [-0.05, 0) is 54.8 Å². The minimum atomic E-state index is -0.786. The Morgan fingerprint density at radius 1 is 1.00 bits per heavy atom. The number of halogens is 4. The largest absolute Gasteiger partial charge is 0.451 e. The third kappa shape index (κ3) is 3.05. The van der Waals surface area contributed by atoms with Crippen molar-refractivity contribution < 1.29 is 13.5 Å². The first-order chi connectivity index (χ1) is 9.42. The summed E-state index contributed by atoms with van der Waals surface area (Å²) >= 11 is 11.6. The summed E-state index contributed by atoms with van der Waals surface area (Å²) in [5.41, 5.74) is 1.91. The molecule has 0 unspecified atom stereocenters. The van der Waals surface area contributed by atoms with Gasteiger partial charge in [0.25, 0.3) is 0 Å². The minimum Gasteiger partial charge on any atom is -0.451 e. The summed E-state index contributed by atoms with van der Waals surface area (Å²) in [6.45, 7) is 3.59. The van der Waals surface area contributed by atoms with Crippen molar-refractivity contribution >= 4 is 23.2 Å². The molecule has 106 valence electrons. The third-order valence-corrected chi connectivity index (χ3v) is 3.75. The Morgan fingerprint density at radius 2 is 1.50 bits per heavy atom. The molecule has 0 bridgehead atoms. The van der Waals surface area contributed by atoms with Gasteiger partial charge in [-0.3, -0.25) is 0 Å². The molecule has 0 aliphatic rings. The van der Waals surface area contributed by atoms with E-state index in [1.54, 1.807) is 26.0 Å². The van der Waals surface area contributed by atoms with Gasteiger partial charge in [0.05, 0.1) is 0 Å². The Balaban J connectivity index is 2.40. The van der Waals surface area contributed by atoms with E-state index in [1.807, 2.05) is 0 Å². The van der Waals surface area contributed by atoms with E-state index in [0.717, 1.165) is 23.3 Å². The highest BCUT2D eigenvalue weighted by Crippen LogP contribution is 2.32. The molecule has 0 spiro atoms. The fraction of sp³-hybridized carbons (Fsp3) is 0.200. The van der Waals surface area contributed by atoms with Crippen LogP contribution in [0.15, 0.2) is 24.3 Å². The maximum atomic E-state index is 13.8. The lowest BCUT2D eigenvalue weighted by Crippen LogP contribution is -1.96. The lowest BCUT2D eigenvalue weighted by molar-refractivity contribution is 0.406. The average Bonchev–Trinajstić information content (AvgIpc) is 2.39. The van der Waals surface area contributed by atoms with Crippen LogP contribution in [0.2, 0.25) is 5.02 Å². The first-order valence-corrected chi connectivity index (χ1v) is 6.82. The molecule has 0 amide bonds. The number of hydrogen-bond acceptors (Lipinski definition) is 1. The highest BCUT2D eigenvalue weighted by molar-refractivity contribution is 6.32. The quantitative estimate of drug-likeness (QED) is 0.653. The molecule has 2 rings (SSSR count). The van der Waals surface area contributed by atoms with Gasteiger partial charge < -0.3 is 4.74 Å². The normalized spacial score (nSPS) is 10.7. The Kier molecular flexibility index (Phi) is 4.51. The summed E-state index contributed by atoms with van der Waals surface area (Å²) in [4.78, 5) is 0. The summed E-state index contributed by atoms with van der Waals surface area (Å²) < 4.78 is 32.9. The fourth-order valence-corrected chi connectivity index (χ4v) is 2.13. The van der Waals surface area contributed by atoms with Gasteiger partial charge in [-0.25, -0.2) is 8.78 Å². The van der Waals surface area contributed by atoms with E-state index < -0.39 is 17.4 Å². The van der Waals surface area contributed by atoms with Gasteiger partial charge in [0.1, 0.15) is 5.75 Å². The second kappa shape index (κ2) is 5.98.